The van der Waals surface area contributed by atoms with E-state index in [0.717, 1.165) is 40.9 Å². The van der Waals surface area contributed by atoms with Crippen molar-refractivity contribution in [2.75, 3.05) is 9.80 Å². The molecule has 3 nitrogen and oxygen atoms in total. The summed E-state index contributed by atoms with van der Waals surface area (Å²) in [7, 11) is 0. The summed E-state index contributed by atoms with van der Waals surface area (Å²) >= 11 is 0. The molecule has 3 atom stereocenters. The highest BCUT2D eigenvalue weighted by Crippen LogP contribution is 2.67. The number of fused-ring (bicyclic) bond motifs is 8. The topological polar surface area (TPSA) is 11.4 Å². The van der Waals surface area contributed by atoms with Crippen molar-refractivity contribution in [1.82, 2.24) is 4.57 Å². The summed E-state index contributed by atoms with van der Waals surface area (Å²) in [5, 5.41) is 2.35. The zero-order chi connectivity index (χ0) is 46.7. The van der Waals surface area contributed by atoms with E-state index in [9.17, 15) is 4.39 Å². The highest BCUT2D eigenvalue weighted by Gasteiger charge is 2.59. The minimum absolute atomic E-state index is 0.129. The Morgan fingerprint density at radius 2 is 1.00 bits per heavy atom. The van der Waals surface area contributed by atoms with Crippen LogP contribution in [0.3, 0.4) is 0 Å². The summed E-state index contributed by atoms with van der Waals surface area (Å²) in [6.07, 6.45) is 7.02. The lowest BCUT2D eigenvalue weighted by Crippen LogP contribution is -2.39. The van der Waals surface area contributed by atoms with E-state index in [0.29, 0.717) is 11.8 Å². The van der Waals surface area contributed by atoms with Crippen LogP contribution in [0.4, 0.5) is 38.5 Å². The Hall–Kier alpha value is -7.69. The number of nitrogens with zero attached hydrogens (tertiary/aromatic N) is 3. The van der Waals surface area contributed by atoms with Crippen molar-refractivity contribution in [3.63, 3.8) is 0 Å². The maximum absolute atomic E-state index is 14.5. The molecule has 4 aliphatic carbocycles. The smallest absolute Gasteiger partial charge is 0.123 e. The normalized spacial score (nSPS) is 19.2. The molecule has 0 saturated heterocycles. The highest BCUT2D eigenvalue weighted by atomic mass is 19.1. The van der Waals surface area contributed by atoms with Crippen molar-refractivity contribution in [1.29, 1.82) is 0 Å². The Balaban J connectivity index is 1.01. The summed E-state index contributed by atoms with van der Waals surface area (Å²) in [4.78, 5) is 5.16. The second-order valence-corrected chi connectivity index (χ2v) is 20.9. The van der Waals surface area contributed by atoms with Gasteiger partial charge >= 0.3 is 0 Å². The second kappa shape index (κ2) is 15.7. The van der Waals surface area contributed by atoms with Crippen molar-refractivity contribution in [3.8, 4) is 16.8 Å². The van der Waals surface area contributed by atoms with Crippen molar-refractivity contribution >= 4 is 55.9 Å². The van der Waals surface area contributed by atoms with Crippen LogP contribution in [-0.2, 0) is 23.7 Å². The molecule has 4 aliphatic rings. The number of rotatable bonds is 7. The number of anilines is 6. The first-order valence-corrected chi connectivity index (χ1v) is 25.4. The van der Waals surface area contributed by atoms with Gasteiger partial charge in [0.2, 0.25) is 0 Å². The molecule has 1 spiro atoms. The van der Waals surface area contributed by atoms with Gasteiger partial charge in [0.05, 0.1) is 22.4 Å². The molecule has 3 unspecified atom stereocenters. The Bertz CT molecular complexity index is 3670. The molecule has 1 aromatic heterocycles. The van der Waals surface area contributed by atoms with Gasteiger partial charge in [0.15, 0.2) is 0 Å². The van der Waals surface area contributed by atoms with Crippen LogP contribution in [0, 0.1) is 17.7 Å². The molecular formula is C66H54FN3. The molecule has 1 fully saturated rings. The second-order valence-electron chi connectivity index (χ2n) is 20.9. The van der Waals surface area contributed by atoms with E-state index in [1.54, 1.807) is 12.1 Å². The van der Waals surface area contributed by atoms with Crippen LogP contribution < -0.4 is 9.80 Å². The summed E-state index contributed by atoms with van der Waals surface area (Å²) in [6.45, 7) is 4.79. The van der Waals surface area contributed by atoms with Crippen LogP contribution in [-0.4, -0.2) is 4.57 Å². The SMILES string of the molecule is CC1(C)c2ccccc2-c2ccc(N(c3ccccc3)c3cccc4c3C35c6c(cccc6N(c6ccccc6)c6ccc7c8ccccc8n(-c8ccc(F)cc8)c7c6)CC3CCCCC5C4)cc21. The monoisotopic (exact) mass is 907 g/mol. The number of para-hydroxylation sites is 3. The van der Waals surface area contributed by atoms with Crippen LogP contribution in [0.15, 0.2) is 206 Å². The molecule has 0 radical (unpaired) electrons. The van der Waals surface area contributed by atoms with Gasteiger partial charge in [-0.05, 0) is 173 Å². The molecule has 340 valence electrons. The van der Waals surface area contributed by atoms with Gasteiger partial charge in [-0.3, -0.25) is 0 Å². The summed E-state index contributed by atoms with van der Waals surface area (Å²) in [5.74, 6) is 0.662. The van der Waals surface area contributed by atoms with Crippen LogP contribution in [0.2, 0.25) is 0 Å². The molecule has 0 aliphatic heterocycles. The summed E-state index contributed by atoms with van der Waals surface area (Å²) in [6, 6.07) is 75.4. The fourth-order valence-electron chi connectivity index (χ4n) is 14.2. The molecule has 0 N–H and O–H groups in total. The molecule has 10 aromatic rings. The predicted octanol–water partition coefficient (Wildman–Crippen LogP) is 17.4. The van der Waals surface area contributed by atoms with E-state index in [1.807, 2.05) is 12.1 Å². The van der Waals surface area contributed by atoms with Gasteiger partial charge in [-0.15, -0.1) is 0 Å². The molecule has 4 heteroatoms. The van der Waals surface area contributed by atoms with Gasteiger partial charge in [0.1, 0.15) is 5.82 Å². The molecular weight excluding hydrogens is 854 g/mol. The molecule has 0 bridgehead atoms. The van der Waals surface area contributed by atoms with E-state index >= 15 is 0 Å². The number of hydrogen-bond acceptors (Lipinski definition) is 2. The fraction of sp³-hybridized carbons (Fsp3) is 0.182. The molecule has 0 amide bonds. The lowest BCUT2D eigenvalue weighted by Gasteiger charge is -2.43. The zero-order valence-electron chi connectivity index (χ0n) is 39.7. The van der Waals surface area contributed by atoms with E-state index in [-0.39, 0.29) is 16.6 Å². The van der Waals surface area contributed by atoms with Gasteiger partial charge in [0, 0.05) is 50.0 Å². The van der Waals surface area contributed by atoms with Gasteiger partial charge in [-0.2, -0.15) is 0 Å². The first-order valence-electron chi connectivity index (χ1n) is 25.4. The number of halogens is 1. The number of benzene rings is 9. The first kappa shape index (κ1) is 41.3. The Labute approximate surface area is 410 Å². The molecule has 1 saturated carbocycles. The van der Waals surface area contributed by atoms with Crippen LogP contribution in [0.25, 0.3) is 38.6 Å². The Kier molecular flexibility index (Phi) is 9.24. The summed E-state index contributed by atoms with van der Waals surface area (Å²) in [5.41, 5.74) is 21.4. The van der Waals surface area contributed by atoms with E-state index < -0.39 is 0 Å². The third kappa shape index (κ3) is 5.92. The molecule has 14 rings (SSSR count). The standard InChI is InChI=1S/C66H54FN3/c1-65(2)57-27-13-11-25-53(57)54-37-35-51(41-58(54)65)68(48-21-5-3-6-22-48)60-29-15-17-43-39-45-19-9-10-20-46-40-44-18-16-30-61(64(44)66(45,46)63(43)60)69(49-23-7-4-8-24-49)52-36-38-56-55-26-12-14-28-59(55)70(62(56)42-52)50-33-31-47(67)32-34-50/h3-8,11-18,21-38,41-42,45-46H,9-10,19-20,39-40H2,1-2H3. The Morgan fingerprint density at radius 1 is 0.457 bits per heavy atom. The Morgan fingerprint density at radius 3 is 1.66 bits per heavy atom. The lowest BCUT2D eigenvalue weighted by molar-refractivity contribution is 0.258. The zero-order valence-corrected chi connectivity index (χ0v) is 39.7. The maximum atomic E-state index is 14.5. The molecule has 9 aromatic carbocycles. The summed E-state index contributed by atoms with van der Waals surface area (Å²) < 4.78 is 16.8. The minimum atomic E-state index is -0.237. The van der Waals surface area contributed by atoms with Gasteiger partial charge in [0.25, 0.3) is 0 Å². The quantitative estimate of drug-likeness (QED) is 0.158. The average molecular weight is 908 g/mol. The largest absolute Gasteiger partial charge is 0.310 e. The van der Waals surface area contributed by atoms with Crippen LogP contribution in [0.1, 0.15) is 72.9 Å². The first-order chi connectivity index (χ1) is 34.4. The van der Waals surface area contributed by atoms with E-state index in [4.69, 9.17) is 0 Å². The van der Waals surface area contributed by atoms with Gasteiger partial charge in [-0.25, -0.2) is 4.39 Å². The maximum Gasteiger partial charge on any atom is 0.123 e. The van der Waals surface area contributed by atoms with Crippen molar-refractivity contribution in [2.24, 2.45) is 11.8 Å². The third-order valence-corrected chi connectivity index (χ3v) is 17.0. The molecule has 70 heavy (non-hydrogen) atoms. The van der Waals surface area contributed by atoms with Crippen molar-refractivity contribution < 1.29 is 4.39 Å². The highest BCUT2D eigenvalue weighted by molar-refractivity contribution is 6.10. The van der Waals surface area contributed by atoms with E-state index in [1.165, 1.54) is 104 Å². The van der Waals surface area contributed by atoms with Gasteiger partial charge < -0.3 is 14.4 Å². The lowest BCUT2D eigenvalue weighted by atomic mass is 9.63. The fourth-order valence-corrected chi connectivity index (χ4v) is 14.2. The van der Waals surface area contributed by atoms with E-state index in [2.05, 4.69) is 210 Å². The van der Waals surface area contributed by atoms with Crippen LogP contribution in [0.5, 0.6) is 0 Å². The predicted molar refractivity (Wildman–Crippen MR) is 288 cm³/mol. The number of aromatic nitrogens is 1. The van der Waals surface area contributed by atoms with Crippen molar-refractivity contribution in [2.45, 2.75) is 63.2 Å². The van der Waals surface area contributed by atoms with Crippen LogP contribution >= 0.6 is 0 Å². The van der Waals surface area contributed by atoms with Gasteiger partial charge in [-0.1, -0.05) is 142 Å². The third-order valence-electron chi connectivity index (χ3n) is 17.0. The van der Waals surface area contributed by atoms with Crippen molar-refractivity contribution in [3.05, 3.63) is 245 Å². The average Bonchev–Trinajstić information content (AvgIpc) is 4.06. The number of hydrogen-bond donors (Lipinski definition) is 0. The minimum Gasteiger partial charge on any atom is -0.310 e. The molecule has 1 heterocycles.